The highest BCUT2D eigenvalue weighted by Gasteiger charge is 2.32. The first-order valence-corrected chi connectivity index (χ1v) is 13.2. The highest BCUT2D eigenvalue weighted by atomic mass is 32.2. The summed E-state index contributed by atoms with van der Waals surface area (Å²) in [4.78, 5) is 2.44. The summed E-state index contributed by atoms with van der Waals surface area (Å²) in [5.74, 6) is 0. The number of halogens is 3. The third-order valence-electron chi connectivity index (χ3n) is 6.35. The van der Waals surface area contributed by atoms with Crippen LogP contribution in [0.3, 0.4) is 0 Å². The van der Waals surface area contributed by atoms with Gasteiger partial charge in [0.25, 0.3) is 0 Å². The van der Waals surface area contributed by atoms with Gasteiger partial charge in [-0.2, -0.15) is 17.5 Å². The zero-order valence-corrected chi connectivity index (χ0v) is 20.8. The van der Waals surface area contributed by atoms with E-state index >= 15 is 0 Å². The number of hydrogen-bond acceptors (Lipinski definition) is 4. The number of alkyl halides is 3. The zero-order valence-electron chi connectivity index (χ0n) is 20.0. The lowest BCUT2D eigenvalue weighted by atomic mass is 9.99. The summed E-state index contributed by atoms with van der Waals surface area (Å²) in [6, 6.07) is 21.3. The van der Waals surface area contributed by atoms with Crippen molar-refractivity contribution in [2.45, 2.75) is 24.1 Å². The summed E-state index contributed by atoms with van der Waals surface area (Å²) in [6.07, 6.45) is -5.08. The summed E-state index contributed by atoms with van der Waals surface area (Å²) in [5.41, 5.74) is 1.21. The molecule has 192 valence electrons. The highest BCUT2D eigenvalue weighted by Crippen LogP contribution is 2.33. The number of ether oxygens (including phenoxy) is 1. The average molecular weight is 519 g/mol. The Kier molecular flexibility index (Phi) is 8.14. The Morgan fingerprint density at radius 3 is 2.17 bits per heavy atom. The van der Waals surface area contributed by atoms with Crippen molar-refractivity contribution in [2.24, 2.45) is 0 Å². The largest absolute Gasteiger partial charge is 0.416 e. The summed E-state index contributed by atoms with van der Waals surface area (Å²) < 4.78 is 73.5. The standard InChI is InChI=1S/C27H29F3N2O3S/c1-21-8-5-6-13-25(21)36(33,34)32-16-14-31(15-17-32)18-19-35-26(22-9-3-2-4-10-22)23-11-7-12-24(20-23)27(28,29)30/h2-13,20,26H,14-19H2,1H3/t26-/m1/s1. The molecule has 1 aliphatic rings. The SMILES string of the molecule is Cc1ccccc1S(=O)(=O)N1CCN(CCO[C@H](c2ccccc2)c2cccc(C(F)(F)F)c2)CC1. The van der Waals surface area contributed by atoms with E-state index in [1.165, 1.54) is 10.4 Å². The quantitative estimate of drug-likeness (QED) is 0.415. The number of nitrogens with zero attached hydrogens (tertiary/aromatic N) is 2. The van der Waals surface area contributed by atoms with E-state index in [2.05, 4.69) is 4.90 Å². The number of piperazine rings is 1. The third kappa shape index (κ3) is 6.15. The zero-order chi connectivity index (χ0) is 25.8. The van der Waals surface area contributed by atoms with E-state index < -0.39 is 27.9 Å². The monoisotopic (exact) mass is 518 g/mol. The van der Waals surface area contributed by atoms with Gasteiger partial charge in [0, 0.05) is 32.7 Å². The maximum Gasteiger partial charge on any atom is 0.416 e. The first kappa shape index (κ1) is 26.3. The molecule has 0 radical (unpaired) electrons. The topological polar surface area (TPSA) is 49.9 Å². The second kappa shape index (κ2) is 11.1. The maximum absolute atomic E-state index is 13.3. The molecule has 3 aromatic carbocycles. The lowest BCUT2D eigenvalue weighted by molar-refractivity contribution is -0.137. The molecular formula is C27H29F3N2O3S. The van der Waals surface area contributed by atoms with Crippen molar-refractivity contribution in [2.75, 3.05) is 39.3 Å². The summed E-state index contributed by atoms with van der Waals surface area (Å²) in [6.45, 7) is 4.45. The molecule has 0 bridgehead atoms. The van der Waals surface area contributed by atoms with Crippen LogP contribution in [0, 0.1) is 6.92 Å². The molecule has 0 amide bonds. The summed E-state index contributed by atoms with van der Waals surface area (Å²) >= 11 is 0. The first-order chi connectivity index (χ1) is 17.2. The molecule has 4 rings (SSSR count). The van der Waals surface area contributed by atoms with Gasteiger partial charge in [0.1, 0.15) is 6.10 Å². The Bertz CT molecular complexity index is 1260. The van der Waals surface area contributed by atoms with Gasteiger partial charge in [-0.3, -0.25) is 4.90 Å². The fourth-order valence-corrected chi connectivity index (χ4v) is 6.02. The van der Waals surface area contributed by atoms with Gasteiger partial charge in [-0.05, 0) is 41.8 Å². The molecule has 9 heteroatoms. The molecule has 0 aromatic heterocycles. The van der Waals surface area contributed by atoms with E-state index in [1.807, 2.05) is 36.4 Å². The highest BCUT2D eigenvalue weighted by molar-refractivity contribution is 7.89. The molecule has 1 atom stereocenters. The fourth-order valence-electron chi connectivity index (χ4n) is 4.37. The third-order valence-corrected chi connectivity index (χ3v) is 8.41. The molecule has 1 saturated heterocycles. The molecule has 3 aromatic rings. The van der Waals surface area contributed by atoms with Crippen molar-refractivity contribution in [1.29, 1.82) is 0 Å². The molecule has 0 unspecified atom stereocenters. The van der Waals surface area contributed by atoms with Crippen LogP contribution < -0.4 is 0 Å². The van der Waals surface area contributed by atoms with E-state index in [9.17, 15) is 21.6 Å². The van der Waals surface area contributed by atoms with Crippen molar-refractivity contribution in [1.82, 2.24) is 9.21 Å². The number of sulfonamides is 1. The second-order valence-electron chi connectivity index (χ2n) is 8.80. The Morgan fingerprint density at radius 1 is 0.861 bits per heavy atom. The van der Waals surface area contributed by atoms with Crippen LogP contribution in [-0.4, -0.2) is 57.0 Å². The van der Waals surface area contributed by atoms with Crippen LogP contribution in [0.5, 0.6) is 0 Å². The lowest BCUT2D eigenvalue weighted by Crippen LogP contribution is -2.49. The molecule has 0 aliphatic carbocycles. The van der Waals surface area contributed by atoms with Gasteiger partial charge in [0.2, 0.25) is 10.0 Å². The molecule has 0 saturated carbocycles. The van der Waals surface area contributed by atoms with Crippen LogP contribution in [0.2, 0.25) is 0 Å². The fraction of sp³-hybridized carbons (Fsp3) is 0.333. The van der Waals surface area contributed by atoms with Crippen molar-refractivity contribution in [3.05, 3.63) is 101 Å². The summed E-state index contributed by atoms with van der Waals surface area (Å²) in [5, 5.41) is 0. The van der Waals surface area contributed by atoms with Crippen molar-refractivity contribution < 1.29 is 26.3 Å². The lowest BCUT2D eigenvalue weighted by Gasteiger charge is -2.34. The van der Waals surface area contributed by atoms with Crippen LogP contribution in [0.25, 0.3) is 0 Å². The van der Waals surface area contributed by atoms with Crippen LogP contribution >= 0.6 is 0 Å². The van der Waals surface area contributed by atoms with Gasteiger partial charge in [-0.1, -0.05) is 60.7 Å². The van der Waals surface area contributed by atoms with Crippen LogP contribution in [-0.2, 0) is 20.9 Å². The van der Waals surface area contributed by atoms with Crippen molar-refractivity contribution >= 4 is 10.0 Å². The van der Waals surface area contributed by atoms with Gasteiger partial charge in [-0.15, -0.1) is 0 Å². The predicted molar refractivity (Wildman–Crippen MR) is 132 cm³/mol. The van der Waals surface area contributed by atoms with Crippen molar-refractivity contribution in [3.63, 3.8) is 0 Å². The molecule has 1 fully saturated rings. The van der Waals surface area contributed by atoms with Gasteiger partial charge >= 0.3 is 6.18 Å². The van der Waals surface area contributed by atoms with Gasteiger partial charge in [0.15, 0.2) is 0 Å². The van der Waals surface area contributed by atoms with E-state index in [0.717, 1.165) is 23.3 Å². The Morgan fingerprint density at radius 2 is 1.50 bits per heavy atom. The number of benzene rings is 3. The molecular weight excluding hydrogens is 489 g/mol. The van der Waals surface area contributed by atoms with E-state index in [1.54, 1.807) is 31.2 Å². The van der Waals surface area contributed by atoms with Gasteiger partial charge in [0.05, 0.1) is 17.1 Å². The first-order valence-electron chi connectivity index (χ1n) is 11.8. The number of hydrogen-bond donors (Lipinski definition) is 0. The molecule has 36 heavy (non-hydrogen) atoms. The molecule has 0 spiro atoms. The maximum atomic E-state index is 13.3. The molecule has 5 nitrogen and oxygen atoms in total. The smallest absolute Gasteiger partial charge is 0.367 e. The Hall–Kier alpha value is -2.72. The molecule has 1 aliphatic heterocycles. The number of rotatable bonds is 8. The van der Waals surface area contributed by atoms with E-state index in [4.69, 9.17) is 4.74 Å². The molecule has 0 N–H and O–H groups in total. The van der Waals surface area contributed by atoms with E-state index in [0.29, 0.717) is 49.8 Å². The minimum atomic E-state index is -4.43. The minimum absolute atomic E-state index is 0.292. The predicted octanol–water partition coefficient (Wildman–Crippen LogP) is 5.13. The van der Waals surface area contributed by atoms with Gasteiger partial charge < -0.3 is 4.74 Å². The minimum Gasteiger partial charge on any atom is -0.367 e. The average Bonchev–Trinajstić information content (AvgIpc) is 2.87. The Labute approximate surface area is 210 Å². The van der Waals surface area contributed by atoms with Crippen LogP contribution in [0.4, 0.5) is 13.2 Å². The number of aryl methyl sites for hydroxylation is 1. The normalized spacial score (nSPS) is 16.7. The van der Waals surface area contributed by atoms with E-state index in [-0.39, 0.29) is 0 Å². The van der Waals surface area contributed by atoms with Crippen LogP contribution in [0.1, 0.15) is 28.4 Å². The van der Waals surface area contributed by atoms with Crippen LogP contribution in [0.15, 0.2) is 83.8 Å². The van der Waals surface area contributed by atoms with Crippen molar-refractivity contribution in [3.8, 4) is 0 Å². The Balaban J connectivity index is 1.38. The molecule has 1 heterocycles. The second-order valence-corrected chi connectivity index (χ2v) is 10.7. The summed E-state index contributed by atoms with van der Waals surface area (Å²) in [7, 11) is -3.55. The van der Waals surface area contributed by atoms with Gasteiger partial charge in [-0.25, -0.2) is 8.42 Å².